The van der Waals surface area contributed by atoms with Gasteiger partial charge in [0.1, 0.15) is 12.1 Å². The highest BCUT2D eigenvalue weighted by molar-refractivity contribution is 9.09. The second-order valence-electron chi connectivity index (χ2n) is 32.2. The Morgan fingerprint density at radius 2 is 0.791 bits per heavy atom. The van der Waals surface area contributed by atoms with E-state index in [0.717, 1.165) is 166 Å². The Hall–Kier alpha value is -9.06. The number of allylic oxidation sites excluding steroid dienone is 3. The van der Waals surface area contributed by atoms with Crippen molar-refractivity contribution in [3.05, 3.63) is 106 Å². The molecule has 7 aliphatic carbocycles. The van der Waals surface area contributed by atoms with E-state index in [1.54, 1.807) is 20.7 Å². The minimum Gasteiger partial charge on any atom is -0.480 e. The number of aldehydes is 1. The van der Waals surface area contributed by atoms with E-state index >= 15 is 0 Å². The Morgan fingerprint density at radius 1 is 0.455 bits per heavy atom. The van der Waals surface area contributed by atoms with E-state index in [0.29, 0.717) is 37.5 Å². The molecule has 0 aromatic heterocycles. The van der Waals surface area contributed by atoms with Crippen LogP contribution in [0.5, 0.6) is 0 Å². The van der Waals surface area contributed by atoms with Crippen LogP contribution in [-0.4, -0.2) is 289 Å². The number of hydrogen-bond acceptors (Lipinski definition) is 33. The number of nitrogens with one attached hydrogen (secondary N) is 8. The zero-order valence-corrected chi connectivity index (χ0v) is 80.9. The molecular weight excluding hydrogens is 1850 g/mol. The van der Waals surface area contributed by atoms with Gasteiger partial charge in [-0.25, -0.2) is 14.4 Å². The zero-order chi connectivity index (χ0) is 102. The van der Waals surface area contributed by atoms with Crippen molar-refractivity contribution in [1.82, 2.24) is 42.4 Å². The van der Waals surface area contributed by atoms with Gasteiger partial charge in [0.15, 0.2) is 24.4 Å². The number of nitrogens with two attached hydrogens (primary N) is 1. The Labute approximate surface area is 801 Å². The van der Waals surface area contributed by atoms with Crippen LogP contribution in [-0.2, 0) is 76.5 Å². The van der Waals surface area contributed by atoms with Crippen molar-refractivity contribution in [2.75, 3.05) is 39.3 Å². The second kappa shape index (κ2) is 80.1. The molecule has 7 fully saturated rings. The van der Waals surface area contributed by atoms with Crippen molar-refractivity contribution < 1.29 is 137 Å². The maximum absolute atomic E-state index is 12.8. The normalized spacial score (nSPS) is 16.9. The van der Waals surface area contributed by atoms with E-state index in [-0.39, 0.29) is 97.9 Å². The number of carboxylic acid groups (broad SMARTS) is 1. The third-order valence-corrected chi connectivity index (χ3v) is 20.6. The van der Waals surface area contributed by atoms with Crippen LogP contribution in [0.2, 0.25) is 13.6 Å². The highest BCUT2D eigenvalue weighted by Crippen LogP contribution is 2.29. The van der Waals surface area contributed by atoms with E-state index in [9.17, 15) is 113 Å². The predicted molar refractivity (Wildman–Crippen MR) is 508 cm³/mol. The summed E-state index contributed by atoms with van der Waals surface area (Å²) < 4.78 is 18.3. The van der Waals surface area contributed by atoms with Gasteiger partial charge in [0.05, 0.1) is 39.5 Å². The summed E-state index contributed by atoms with van der Waals surface area (Å²) >= 11 is 3.24. The summed E-state index contributed by atoms with van der Waals surface area (Å²) in [5, 5.41) is 136. The van der Waals surface area contributed by atoms with Gasteiger partial charge in [0.2, 0.25) is 30.9 Å². The van der Waals surface area contributed by atoms with Gasteiger partial charge in [-0.3, -0.25) is 73.5 Å². The van der Waals surface area contributed by atoms with Crippen LogP contribution in [0.1, 0.15) is 232 Å². The number of nitro groups is 3. The highest BCUT2D eigenvalue weighted by atomic mass is 79.9. The molecule has 0 bridgehead atoms. The van der Waals surface area contributed by atoms with Crippen LogP contribution in [0.4, 0.5) is 0 Å². The van der Waals surface area contributed by atoms with Crippen LogP contribution in [0.15, 0.2) is 75.9 Å². The molecule has 12 atom stereocenters. The first kappa shape index (κ1) is 131. The van der Waals surface area contributed by atoms with Crippen molar-refractivity contribution in [2.24, 2.45) is 17.6 Å². The number of hydrogen-bond donors (Lipinski definition) is 18. The summed E-state index contributed by atoms with van der Waals surface area (Å²) in [7, 11) is 1.19. The molecule has 766 valence electrons. The first-order chi connectivity index (χ1) is 63.1. The molecule has 7 rings (SSSR count). The molecule has 43 nitrogen and oxygen atoms in total. The summed E-state index contributed by atoms with van der Waals surface area (Å²) in [5.41, 5.74) is 5.73. The maximum atomic E-state index is 12.8. The summed E-state index contributed by atoms with van der Waals surface area (Å²) in [4.78, 5) is 163. The Morgan fingerprint density at radius 3 is 1.07 bits per heavy atom. The summed E-state index contributed by atoms with van der Waals surface area (Å²) in [5.74, 6) is -6.59. The van der Waals surface area contributed by atoms with Crippen molar-refractivity contribution >= 4 is 114 Å². The molecule has 6 amide bonds. The standard InChI is InChI=1S/C19H35BN2O4.C10H20BNO3.C10H16N2O4.2C9H14N2O4.C9H17NO2.C8H14O6.C5H7NO2.C4H7Br.C4H7NO2.ClH/c1-4-5-6-7-11-14-16(22-20(2)25)18(23)21-17(19(24)26-3)15-12-9-8-10-13-15;1-3-4-5-6-7-8-9(10(13)14)12-11(2)15;13-7(9(15)11-5-1-2-5)8(14)10(16)12-6-3-4-6;2*1-2-3-7(11(14)15)8(12)9(13)10-6-4-5-6;1-12-9(11)8(10)7-5-3-2-4-6-7;1-3-13-7(11)5(9)6(10)8(12)14-4-2;7-3-5(8)6-4-1-2-4;1-2-3-4-5;1-2-3-4-5(6)7;/h4,15-17,22,25H,1,5-14H2,2-3H3,(H,21,23);3,9,12,15H,1,4-8H2,2H3,(H,13,14);5-8,13-14H,1-4H2,(H,11,15)(H,12,16);2*2,6-8,12H,1,3-5H2,(H,10,13);7-8H,2-6,10H2,1H3;5-6,9-10H,3-4H2,1-2H3;3-4H,1-2H2,(H,6,8);2H,1,3-4H2;2H,1,3-4H2;1H/t16-,17-;9-;;;;8-;;;;;/m00...0...../s1. The number of aliphatic hydroxyl groups is 6. The van der Waals surface area contributed by atoms with Crippen LogP contribution in [0.25, 0.3) is 0 Å². The number of nitrogens with zero attached hydrogens (tertiary/aromatic N) is 3. The van der Waals surface area contributed by atoms with Crippen molar-refractivity contribution in [3.8, 4) is 0 Å². The number of unbranched alkanes of at least 4 members (excludes halogenated alkanes) is 6. The third-order valence-electron chi connectivity index (χ3n) is 20.2. The molecule has 19 N–H and O–H groups in total. The highest BCUT2D eigenvalue weighted by Gasteiger charge is 2.41. The molecule has 0 aromatic rings. The molecule has 7 aliphatic rings. The number of rotatable bonds is 52. The lowest BCUT2D eigenvalue weighted by Gasteiger charge is -2.30. The van der Waals surface area contributed by atoms with E-state index in [1.807, 2.05) is 18.2 Å². The largest absolute Gasteiger partial charge is 0.480 e. The number of carbonyl (C=O) groups is 12. The molecule has 134 heavy (non-hydrogen) atoms. The minimum atomic E-state index is -1.89. The number of aliphatic carboxylic acids is 1. The monoisotopic (exact) mass is 2000 g/mol. The van der Waals surface area contributed by atoms with Gasteiger partial charge in [0.25, 0.3) is 41.6 Å². The molecule has 8 unspecified atom stereocenters. The molecule has 7 saturated carbocycles. The number of amides is 6. The molecule has 0 saturated heterocycles. The number of methoxy groups -OCH3 is 2. The number of halogens is 2. The zero-order valence-electron chi connectivity index (χ0n) is 78.5. The number of alkyl halides is 1. The smallest absolute Gasteiger partial charge is 0.374 e. The number of aliphatic hydroxyl groups excluding tert-OH is 6. The Kier molecular flexibility index (Phi) is 78.4. The molecule has 47 heteroatoms. The maximum Gasteiger partial charge on any atom is 0.374 e. The number of esters is 4. The molecule has 0 aliphatic heterocycles. The van der Waals surface area contributed by atoms with Crippen molar-refractivity contribution in [1.29, 1.82) is 0 Å². The molecular formula is C87H152B2BrClN12O31. The van der Waals surface area contributed by atoms with Gasteiger partial charge in [-0.15, -0.1) is 51.9 Å². The van der Waals surface area contributed by atoms with Crippen molar-refractivity contribution in [2.45, 2.75) is 349 Å². The van der Waals surface area contributed by atoms with Gasteiger partial charge >= 0.3 is 43.9 Å². The number of carboxylic acids is 1. The fourth-order valence-electron chi connectivity index (χ4n) is 12.0. The topological polar surface area (TPSA) is 676 Å². The second-order valence-corrected chi connectivity index (χ2v) is 33.0. The third kappa shape index (κ3) is 68.0. The first-order valence-corrected chi connectivity index (χ1v) is 46.5. The lowest BCUT2D eigenvalue weighted by molar-refractivity contribution is -0.530. The minimum absolute atomic E-state index is 0. The lowest BCUT2D eigenvalue weighted by atomic mass is 9.83. The summed E-state index contributed by atoms with van der Waals surface area (Å²) in [6.45, 7) is 27.2. The van der Waals surface area contributed by atoms with E-state index in [1.165, 1.54) is 65.0 Å². The average molecular weight is 2000 g/mol. The molecule has 0 radical (unpaired) electrons. The van der Waals surface area contributed by atoms with Gasteiger partial charge in [-0.05, 0) is 174 Å². The van der Waals surface area contributed by atoms with Crippen LogP contribution in [0, 0.1) is 42.2 Å². The summed E-state index contributed by atoms with van der Waals surface area (Å²) in [6, 6.07) is -4.10. The van der Waals surface area contributed by atoms with Gasteiger partial charge in [-0.2, -0.15) is 0 Å². The van der Waals surface area contributed by atoms with Crippen LogP contribution < -0.4 is 48.1 Å². The van der Waals surface area contributed by atoms with Gasteiger partial charge in [0, 0.05) is 69.6 Å². The molecule has 0 spiro atoms. The van der Waals surface area contributed by atoms with E-state index < -0.39 is 144 Å². The Balaban J connectivity index is -0.000000717. The SMILES string of the molecule is C=CCC(C(O)C(=O)NC1CC1)[N+](=O)[O-].C=CCC(C(O)C(=O)NC1CC1)[N+](=O)[O-].C=CCCBr.C=CCCCCC[C@H](NB(C)O)C(=O)N[C@H](C(=O)OC)C1CCCCC1.C=CCCCCC[C@H](NB(C)O)C(=O)O.C=CCC[N+](=O)[O-].CCOC(=O)C(O)C(O)C(=O)OCC.COC(=O)[C@@H](N)C1CCCCC1.Cl.O=C(NC1CC1)C(O)C(O)C(=O)NC1CC1.O=CC(=O)NC1CC1. The quantitative estimate of drug-likeness (QED) is 0.00387. The van der Waals surface area contributed by atoms with Crippen LogP contribution in [0.3, 0.4) is 0 Å². The lowest BCUT2D eigenvalue weighted by Crippen LogP contribution is -2.55. The number of ether oxygens (including phenoxy) is 4. The van der Waals surface area contributed by atoms with Gasteiger partial charge < -0.3 is 113 Å². The molecule has 0 aromatic carbocycles. The van der Waals surface area contributed by atoms with Crippen molar-refractivity contribution in [3.63, 3.8) is 0 Å². The fourth-order valence-corrected chi connectivity index (χ4v) is 12.3. The van der Waals surface area contributed by atoms with E-state index in [4.69, 9.17) is 30.8 Å². The average Bonchev–Trinajstić information content (AvgIpc) is 1.43. The van der Waals surface area contributed by atoms with E-state index in [2.05, 4.69) is 112 Å². The predicted octanol–water partition coefficient (Wildman–Crippen LogP) is 4.25. The van der Waals surface area contributed by atoms with Crippen LogP contribution >= 0.6 is 28.3 Å². The number of carbonyl (C=O) groups excluding carboxylic acids is 11. The first-order valence-electron chi connectivity index (χ1n) is 45.4. The van der Waals surface area contributed by atoms with Gasteiger partial charge in [-0.1, -0.05) is 117 Å². The molecule has 0 heterocycles. The fraction of sp³-hybridized carbons (Fsp3) is 0.724. The Bertz CT molecular complexity index is 3360. The summed E-state index contributed by atoms with van der Waals surface area (Å²) in [6.07, 6.45) is 30.3.